The van der Waals surface area contributed by atoms with Crippen LogP contribution in [-0.2, 0) is 0 Å². The molecule has 2 rings (SSSR count). The van der Waals surface area contributed by atoms with Crippen LogP contribution in [0.1, 0.15) is 17.6 Å². The summed E-state index contributed by atoms with van der Waals surface area (Å²) < 4.78 is 24.8. The molecule has 0 aromatic heterocycles. The van der Waals surface area contributed by atoms with E-state index in [4.69, 9.17) is 0 Å². The molecule has 0 atom stereocenters. The topological polar surface area (TPSA) is 0 Å². The predicted octanol–water partition coefficient (Wildman–Crippen LogP) is 4.09. The third-order valence-electron chi connectivity index (χ3n) is 2.37. The van der Waals surface area contributed by atoms with Crippen molar-refractivity contribution in [3.05, 3.63) is 47.5 Å². The van der Waals surface area contributed by atoms with E-state index in [0.717, 1.165) is 16.3 Å². The van der Waals surface area contributed by atoms with Crippen LogP contribution in [0.5, 0.6) is 0 Å². The van der Waals surface area contributed by atoms with Crippen molar-refractivity contribution in [2.24, 2.45) is 0 Å². The second-order valence-electron chi connectivity index (χ2n) is 3.36. The lowest BCUT2D eigenvalue weighted by Gasteiger charge is -2.04. The molecular weight excluding hydrogens is 182 g/mol. The highest BCUT2D eigenvalue weighted by Crippen LogP contribution is 2.25. The van der Waals surface area contributed by atoms with Crippen molar-refractivity contribution in [1.29, 1.82) is 0 Å². The minimum absolute atomic E-state index is 0.0862. The number of halogens is 2. The minimum Gasteiger partial charge on any atom is -0.205 e. The first-order valence-electron chi connectivity index (χ1n) is 4.46. The van der Waals surface area contributed by atoms with Crippen LogP contribution in [0.25, 0.3) is 10.8 Å². The van der Waals surface area contributed by atoms with E-state index in [-0.39, 0.29) is 5.56 Å². The van der Waals surface area contributed by atoms with E-state index < -0.39 is 6.43 Å². The first-order chi connectivity index (χ1) is 6.68. The van der Waals surface area contributed by atoms with Gasteiger partial charge in [-0.2, -0.15) is 0 Å². The summed E-state index contributed by atoms with van der Waals surface area (Å²) in [6, 6.07) is 10.5. The quantitative estimate of drug-likeness (QED) is 0.638. The number of benzene rings is 2. The average molecular weight is 192 g/mol. The largest absolute Gasteiger partial charge is 0.263 e. The van der Waals surface area contributed by atoms with Gasteiger partial charge in [-0.15, -0.1) is 0 Å². The van der Waals surface area contributed by atoms with E-state index in [2.05, 4.69) is 0 Å². The molecule has 0 N–H and O–H groups in total. The molecule has 0 bridgehead atoms. The predicted molar refractivity (Wildman–Crippen MR) is 53.6 cm³/mol. The zero-order valence-electron chi connectivity index (χ0n) is 7.80. The molecule has 0 saturated heterocycles. The first kappa shape index (κ1) is 9.13. The summed E-state index contributed by atoms with van der Waals surface area (Å²) >= 11 is 0. The summed E-state index contributed by atoms with van der Waals surface area (Å²) in [5, 5.41) is 1.92. The summed E-state index contributed by atoms with van der Waals surface area (Å²) in [6.45, 7) is 1.98. The molecule has 0 amide bonds. The maximum absolute atomic E-state index is 12.4. The van der Waals surface area contributed by atoms with Gasteiger partial charge in [0.2, 0.25) is 0 Å². The van der Waals surface area contributed by atoms with Crippen LogP contribution in [0.3, 0.4) is 0 Å². The molecular formula is C12H10F2. The molecule has 0 fully saturated rings. The van der Waals surface area contributed by atoms with Crippen molar-refractivity contribution in [3.63, 3.8) is 0 Å². The molecule has 0 aliphatic rings. The summed E-state index contributed by atoms with van der Waals surface area (Å²) in [6.07, 6.45) is -2.39. The lowest BCUT2D eigenvalue weighted by atomic mass is 10.0. The van der Waals surface area contributed by atoms with Crippen LogP contribution in [-0.4, -0.2) is 0 Å². The molecule has 14 heavy (non-hydrogen) atoms. The molecule has 2 aromatic rings. The third-order valence-corrected chi connectivity index (χ3v) is 2.37. The van der Waals surface area contributed by atoms with Gasteiger partial charge >= 0.3 is 0 Å². The van der Waals surface area contributed by atoms with Gasteiger partial charge < -0.3 is 0 Å². The monoisotopic (exact) mass is 192 g/mol. The number of rotatable bonds is 1. The Labute approximate surface area is 81.2 Å². The van der Waals surface area contributed by atoms with E-state index in [1.807, 2.05) is 25.1 Å². The smallest absolute Gasteiger partial charge is 0.205 e. The molecule has 0 unspecified atom stereocenters. The summed E-state index contributed by atoms with van der Waals surface area (Å²) in [7, 11) is 0. The SMILES string of the molecule is Cc1cccc2cc(C(F)F)ccc12. The van der Waals surface area contributed by atoms with E-state index in [1.54, 1.807) is 12.1 Å². The highest BCUT2D eigenvalue weighted by Gasteiger charge is 2.07. The molecule has 0 heterocycles. The summed E-state index contributed by atoms with van der Waals surface area (Å²) in [4.78, 5) is 0. The van der Waals surface area contributed by atoms with Gasteiger partial charge in [-0.3, -0.25) is 0 Å². The van der Waals surface area contributed by atoms with Gasteiger partial charge in [-0.05, 0) is 29.3 Å². The average Bonchev–Trinajstić information content (AvgIpc) is 2.17. The van der Waals surface area contributed by atoms with Crippen molar-refractivity contribution in [2.45, 2.75) is 13.3 Å². The molecule has 0 aliphatic heterocycles. The van der Waals surface area contributed by atoms with Gasteiger partial charge in [0, 0.05) is 5.56 Å². The lowest BCUT2D eigenvalue weighted by Crippen LogP contribution is -1.85. The fourth-order valence-corrected chi connectivity index (χ4v) is 1.60. The molecule has 72 valence electrons. The van der Waals surface area contributed by atoms with Crippen LogP contribution in [0, 0.1) is 6.92 Å². The highest BCUT2D eigenvalue weighted by atomic mass is 19.3. The van der Waals surface area contributed by atoms with Crippen molar-refractivity contribution in [1.82, 2.24) is 0 Å². The van der Waals surface area contributed by atoms with Gasteiger partial charge in [0.1, 0.15) is 0 Å². The second kappa shape index (κ2) is 3.37. The standard InChI is InChI=1S/C12H10F2/c1-8-3-2-4-9-7-10(12(13)14)5-6-11(8)9/h2-7,12H,1H3. The van der Waals surface area contributed by atoms with Gasteiger partial charge in [0.05, 0.1) is 0 Å². The molecule has 2 aromatic carbocycles. The van der Waals surface area contributed by atoms with Gasteiger partial charge in [0.15, 0.2) is 0 Å². The van der Waals surface area contributed by atoms with E-state index >= 15 is 0 Å². The normalized spacial score (nSPS) is 11.1. The number of aryl methyl sites for hydroxylation is 1. The summed E-state index contributed by atoms with van der Waals surface area (Å²) in [5.74, 6) is 0. The van der Waals surface area contributed by atoms with Crippen LogP contribution < -0.4 is 0 Å². The Hall–Kier alpha value is -1.44. The van der Waals surface area contributed by atoms with Crippen molar-refractivity contribution < 1.29 is 8.78 Å². The Morgan fingerprint density at radius 3 is 2.57 bits per heavy atom. The maximum Gasteiger partial charge on any atom is 0.263 e. The number of hydrogen-bond donors (Lipinski definition) is 0. The Morgan fingerprint density at radius 1 is 1.07 bits per heavy atom. The highest BCUT2D eigenvalue weighted by molar-refractivity contribution is 5.86. The number of alkyl halides is 2. The Bertz CT molecular complexity index is 461. The van der Waals surface area contributed by atoms with Crippen LogP contribution in [0.15, 0.2) is 36.4 Å². The Morgan fingerprint density at radius 2 is 1.86 bits per heavy atom. The van der Waals surface area contributed by atoms with Crippen LogP contribution in [0.4, 0.5) is 8.78 Å². The maximum atomic E-state index is 12.4. The molecule has 0 nitrogen and oxygen atoms in total. The van der Waals surface area contributed by atoms with Gasteiger partial charge in [-0.1, -0.05) is 30.3 Å². The lowest BCUT2D eigenvalue weighted by molar-refractivity contribution is 0.151. The second-order valence-corrected chi connectivity index (χ2v) is 3.36. The van der Waals surface area contributed by atoms with Crippen molar-refractivity contribution in [2.75, 3.05) is 0 Å². The van der Waals surface area contributed by atoms with Crippen LogP contribution in [0.2, 0.25) is 0 Å². The zero-order chi connectivity index (χ0) is 10.1. The van der Waals surface area contributed by atoms with E-state index in [0.29, 0.717) is 0 Å². The molecule has 0 radical (unpaired) electrons. The third kappa shape index (κ3) is 1.48. The van der Waals surface area contributed by atoms with E-state index in [9.17, 15) is 8.78 Å². The molecule has 2 heteroatoms. The Balaban J connectivity index is 2.67. The molecule has 0 saturated carbocycles. The van der Waals surface area contributed by atoms with Gasteiger partial charge in [-0.25, -0.2) is 8.78 Å². The Kier molecular flexibility index (Phi) is 2.20. The van der Waals surface area contributed by atoms with Gasteiger partial charge in [0.25, 0.3) is 6.43 Å². The van der Waals surface area contributed by atoms with Crippen molar-refractivity contribution in [3.8, 4) is 0 Å². The first-order valence-corrected chi connectivity index (χ1v) is 4.46. The number of fused-ring (bicyclic) bond motifs is 1. The van der Waals surface area contributed by atoms with E-state index in [1.165, 1.54) is 6.07 Å². The fraction of sp³-hybridized carbons (Fsp3) is 0.167. The minimum atomic E-state index is -2.39. The number of hydrogen-bond acceptors (Lipinski definition) is 0. The van der Waals surface area contributed by atoms with Crippen LogP contribution >= 0.6 is 0 Å². The fourth-order valence-electron chi connectivity index (χ4n) is 1.60. The molecule has 0 aliphatic carbocycles. The molecule has 0 spiro atoms. The summed E-state index contributed by atoms with van der Waals surface area (Å²) in [5.41, 5.74) is 1.20. The van der Waals surface area contributed by atoms with Crippen molar-refractivity contribution >= 4 is 10.8 Å². The zero-order valence-corrected chi connectivity index (χ0v) is 7.80.